The molecule has 0 aliphatic rings. The summed E-state index contributed by atoms with van der Waals surface area (Å²) in [6.45, 7) is -0.542. The van der Waals surface area contributed by atoms with Crippen LogP contribution >= 0.6 is 31.9 Å². The lowest BCUT2D eigenvalue weighted by molar-refractivity contribution is 0.0571. The van der Waals surface area contributed by atoms with Crippen LogP contribution in [0.15, 0.2) is 22.7 Å². The van der Waals surface area contributed by atoms with Crippen molar-refractivity contribution < 1.29 is 18.0 Å². The first-order valence-corrected chi connectivity index (χ1v) is 6.95. The Hall–Kier alpha value is -0.560. The molecule has 0 aliphatic heterocycles. The first-order chi connectivity index (χ1) is 8.45. The van der Waals surface area contributed by atoms with Gasteiger partial charge in [-0.1, -0.05) is 15.9 Å². The van der Waals surface area contributed by atoms with E-state index in [1.807, 2.05) is 0 Å². The Bertz CT molecular complexity index is 429. The maximum atomic E-state index is 13.1. The van der Waals surface area contributed by atoms with Crippen molar-refractivity contribution in [2.45, 2.75) is 6.43 Å². The van der Waals surface area contributed by atoms with E-state index in [2.05, 4.69) is 31.9 Å². The molecular formula is C11H10Br2F3NO. The van der Waals surface area contributed by atoms with Crippen molar-refractivity contribution in [2.75, 3.05) is 18.4 Å². The van der Waals surface area contributed by atoms with Crippen molar-refractivity contribution in [3.63, 3.8) is 0 Å². The molecule has 0 unspecified atom stereocenters. The quantitative estimate of drug-likeness (QED) is 0.704. The Morgan fingerprint density at radius 3 is 2.61 bits per heavy atom. The van der Waals surface area contributed by atoms with Gasteiger partial charge in [-0.25, -0.2) is 13.2 Å². The Morgan fingerprint density at radius 1 is 1.39 bits per heavy atom. The topological polar surface area (TPSA) is 20.3 Å². The van der Waals surface area contributed by atoms with E-state index in [0.717, 1.165) is 11.0 Å². The average molecular weight is 389 g/mol. The highest BCUT2D eigenvalue weighted by atomic mass is 79.9. The maximum Gasteiger partial charge on any atom is 0.255 e. The molecule has 0 heterocycles. The van der Waals surface area contributed by atoms with Crippen molar-refractivity contribution in [3.8, 4) is 0 Å². The van der Waals surface area contributed by atoms with Crippen molar-refractivity contribution in [2.24, 2.45) is 0 Å². The molecule has 0 atom stereocenters. The van der Waals surface area contributed by atoms with Gasteiger partial charge in [-0.2, -0.15) is 0 Å². The molecule has 0 fully saturated rings. The van der Waals surface area contributed by atoms with E-state index in [1.165, 1.54) is 12.1 Å². The van der Waals surface area contributed by atoms with Gasteiger partial charge in [0.25, 0.3) is 12.3 Å². The minimum atomic E-state index is -2.62. The van der Waals surface area contributed by atoms with Crippen molar-refractivity contribution in [1.29, 1.82) is 0 Å². The van der Waals surface area contributed by atoms with Gasteiger partial charge in [-0.05, 0) is 34.1 Å². The largest absolute Gasteiger partial charge is 0.332 e. The molecule has 7 heteroatoms. The Labute approximate surface area is 119 Å². The molecule has 1 amide bonds. The fourth-order valence-corrected chi connectivity index (χ4v) is 2.22. The molecule has 1 aromatic rings. The first-order valence-electron chi connectivity index (χ1n) is 5.04. The van der Waals surface area contributed by atoms with Gasteiger partial charge < -0.3 is 4.90 Å². The predicted molar refractivity (Wildman–Crippen MR) is 69.8 cm³/mol. The summed E-state index contributed by atoms with van der Waals surface area (Å²) in [5, 5.41) is 0.373. The van der Waals surface area contributed by atoms with E-state index in [1.54, 1.807) is 0 Å². The molecule has 0 radical (unpaired) electrons. The number of hydrogen-bond donors (Lipinski definition) is 0. The lowest BCUT2D eigenvalue weighted by atomic mass is 10.2. The van der Waals surface area contributed by atoms with Crippen LogP contribution in [-0.4, -0.2) is 35.7 Å². The molecule has 0 aliphatic carbocycles. The summed E-state index contributed by atoms with van der Waals surface area (Å²) in [6, 6.07) is 3.58. The van der Waals surface area contributed by atoms with Gasteiger partial charge in [0.2, 0.25) is 0 Å². The third kappa shape index (κ3) is 4.28. The molecule has 1 rings (SSSR count). The van der Waals surface area contributed by atoms with E-state index in [4.69, 9.17) is 0 Å². The first kappa shape index (κ1) is 15.5. The van der Waals surface area contributed by atoms with Gasteiger partial charge in [0.15, 0.2) is 0 Å². The zero-order valence-electron chi connectivity index (χ0n) is 9.18. The second-order valence-electron chi connectivity index (χ2n) is 3.46. The Morgan fingerprint density at radius 2 is 2.06 bits per heavy atom. The van der Waals surface area contributed by atoms with E-state index in [0.29, 0.717) is 9.80 Å². The number of benzene rings is 1. The molecule has 0 aromatic heterocycles. The second-order valence-corrected chi connectivity index (χ2v) is 5.10. The van der Waals surface area contributed by atoms with Crippen LogP contribution in [0.25, 0.3) is 0 Å². The molecule has 0 bridgehead atoms. The second kappa shape index (κ2) is 7.13. The van der Waals surface area contributed by atoms with Crippen LogP contribution in [0.4, 0.5) is 13.2 Å². The van der Waals surface area contributed by atoms with E-state index < -0.39 is 24.7 Å². The van der Waals surface area contributed by atoms with Crippen LogP contribution in [0.3, 0.4) is 0 Å². The van der Waals surface area contributed by atoms with Gasteiger partial charge in [-0.15, -0.1) is 0 Å². The SMILES string of the molecule is O=C(c1cc(F)ccc1Br)N(CCBr)CC(F)F. The van der Waals surface area contributed by atoms with Crippen molar-refractivity contribution in [3.05, 3.63) is 34.1 Å². The van der Waals surface area contributed by atoms with Crippen LogP contribution in [0.2, 0.25) is 0 Å². The zero-order valence-corrected chi connectivity index (χ0v) is 12.3. The predicted octanol–water partition coefficient (Wildman–Crippen LogP) is 3.69. The minimum absolute atomic E-state index is 0.0385. The molecule has 1 aromatic carbocycles. The molecule has 0 saturated heterocycles. The summed E-state index contributed by atoms with van der Waals surface area (Å²) in [5.74, 6) is -1.21. The average Bonchev–Trinajstić information content (AvgIpc) is 2.30. The third-order valence-electron chi connectivity index (χ3n) is 2.16. The zero-order chi connectivity index (χ0) is 13.7. The highest BCUT2D eigenvalue weighted by Crippen LogP contribution is 2.20. The van der Waals surface area contributed by atoms with Crippen molar-refractivity contribution >= 4 is 37.8 Å². The normalized spacial score (nSPS) is 10.8. The smallest absolute Gasteiger partial charge is 0.255 e. The number of hydrogen-bond acceptors (Lipinski definition) is 1. The van der Waals surface area contributed by atoms with Crippen LogP contribution in [0.1, 0.15) is 10.4 Å². The summed E-state index contributed by atoms with van der Waals surface area (Å²) in [5.41, 5.74) is 0.0385. The van der Waals surface area contributed by atoms with Crippen LogP contribution in [-0.2, 0) is 0 Å². The summed E-state index contributed by atoms with van der Waals surface area (Å²) < 4.78 is 38.2. The van der Waals surface area contributed by atoms with E-state index in [9.17, 15) is 18.0 Å². The lowest BCUT2D eigenvalue weighted by Crippen LogP contribution is -2.36. The summed E-state index contributed by atoms with van der Waals surface area (Å²) in [4.78, 5) is 13.0. The fourth-order valence-electron chi connectivity index (χ4n) is 1.38. The van der Waals surface area contributed by atoms with Crippen LogP contribution in [0, 0.1) is 5.82 Å². The monoisotopic (exact) mass is 387 g/mol. The van der Waals surface area contributed by atoms with E-state index >= 15 is 0 Å². The van der Waals surface area contributed by atoms with Crippen LogP contribution < -0.4 is 0 Å². The maximum absolute atomic E-state index is 13.1. The number of carbonyl (C=O) groups is 1. The molecule has 0 N–H and O–H groups in total. The van der Waals surface area contributed by atoms with Gasteiger partial charge in [0.05, 0.1) is 12.1 Å². The molecule has 0 spiro atoms. The number of alkyl halides is 3. The molecular weight excluding hydrogens is 379 g/mol. The van der Waals surface area contributed by atoms with Gasteiger partial charge >= 0.3 is 0 Å². The molecule has 100 valence electrons. The van der Waals surface area contributed by atoms with E-state index in [-0.39, 0.29) is 12.1 Å². The van der Waals surface area contributed by atoms with Crippen LogP contribution in [0.5, 0.6) is 0 Å². The van der Waals surface area contributed by atoms with Gasteiger partial charge in [-0.3, -0.25) is 4.79 Å². The van der Waals surface area contributed by atoms with Crippen molar-refractivity contribution in [1.82, 2.24) is 4.90 Å². The Kier molecular flexibility index (Phi) is 6.14. The number of amides is 1. The highest BCUT2D eigenvalue weighted by Gasteiger charge is 2.21. The summed E-state index contributed by atoms with van der Waals surface area (Å²) in [7, 11) is 0. The molecule has 2 nitrogen and oxygen atoms in total. The molecule has 18 heavy (non-hydrogen) atoms. The Balaban J connectivity index is 2.97. The fraction of sp³-hybridized carbons (Fsp3) is 0.364. The number of halogens is 5. The molecule has 0 saturated carbocycles. The van der Waals surface area contributed by atoms with Gasteiger partial charge in [0, 0.05) is 16.3 Å². The minimum Gasteiger partial charge on any atom is -0.332 e. The number of nitrogens with zero attached hydrogens (tertiary/aromatic N) is 1. The third-order valence-corrected chi connectivity index (χ3v) is 3.21. The lowest BCUT2D eigenvalue weighted by Gasteiger charge is -2.21. The standard InChI is InChI=1S/C11H10Br2F3NO/c12-3-4-17(6-10(15)16)11(18)8-5-7(14)1-2-9(8)13/h1-2,5,10H,3-4,6H2. The highest BCUT2D eigenvalue weighted by molar-refractivity contribution is 9.10. The summed E-state index contributed by atoms with van der Waals surface area (Å²) >= 11 is 6.19. The van der Waals surface area contributed by atoms with Gasteiger partial charge in [0.1, 0.15) is 5.82 Å². The summed E-state index contributed by atoms with van der Waals surface area (Å²) in [6.07, 6.45) is -2.62. The number of rotatable bonds is 5. The number of carbonyl (C=O) groups excluding carboxylic acids is 1.